The number of benzene rings is 2. The van der Waals surface area contributed by atoms with Gasteiger partial charge in [-0.2, -0.15) is 0 Å². The molecule has 0 aliphatic heterocycles. The first-order valence-corrected chi connectivity index (χ1v) is 6.77. The van der Waals surface area contributed by atoms with Crippen LogP contribution in [0.15, 0.2) is 45.2 Å². The number of H-pyrrole nitrogens is 2. The van der Waals surface area contributed by atoms with E-state index in [4.69, 9.17) is 33.3 Å². The molecule has 2 heterocycles. The van der Waals surface area contributed by atoms with Crippen molar-refractivity contribution in [3.05, 3.63) is 46.1 Å². The molecule has 98 valence electrons. The molecular weight excluding hydrogens is 292 g/mol. The lowest BCUT2D eigenvalue weighted by Gasteiger charge is -2.00. The zero-order chi connectivity index (χ0) is 13.7. The molecule has 0 amide bonds. The van der Waals surface area contributed by atoms with Gasteiger partial charge in [-0.05, 0) is 59.8 Å². The van der Waals surface area contributed by atoms with Crippen LogP contribution in [0.2, 0.25) is 0 Å². The molecule has 0 saturated carbocycles. The second kappa shape index (κ2) is 4.16. The van der Waals surface area contributed by atoms with Crippen LogP contribution in [0, 0.1) is 9.67 Å². The van der Waals surface area contributed by atoms with Gasteiger partial charge in [0.25, 0.3) is 9.67 Å². The van der Waals surface area contributed by atoms with Gasteiger partial charge < -0.3 is 18.8 Å². The van der Waals surface area contributed by atoms with Gasteiger partial charge in [0.1, 0.15) is 0 Å². The average Bonchev–Trinajstić information content (AvgIpc) is 2.97. The van der Waals surface area contributed by atoms with Crippen LogP contribution in [0.5, 0.6) is 0 Å². The minimum Gasteiger partial charge on any atom is -0.429 e. The molecular formula is C14H8N2O2S2. The maximum Gasteiger partial charge on any atom is 0.266 e. The summed E-state index contributed by atoms with van der Waals surface area (Å²) in [6.45, 7) is 0. The molecule has 2 aromatic carbocycles. The number of fused-ring (bicyclic) bond motifs is 2. The van der Waals surface area contributed by atoms with Crippen molar-refractivity contribution >= 4 is 46.6 Å². The van der Waals surface area contributed by atoms with Crippen molar-refractivity contribution in [2.24, 2.45) is 0 Å². The largest absolute Gasteiger partial charge is 0.429 e. The molecule has 0 unspecified atom stereocenters. The summed E-state index contributed by atoms with van der Waals surface area (Å²) in [6, 6.07) is 11.8. The van der Waals surface area contributed by atoms with Crippen LogP contribution in [0.4, 0.5) is 0 Å². The maximum absolute atomic E-state index is 5.43. The third-order valence-corrected chi connectivity index (χ3v) is 3.55. The van der Waals surface area contributed by atoms with E-state index in [0.29, 0.717) is 9.67 Å². The van der Waals surface area contributed by atoms with E-state index in [1.165, 1.54) is 0 Å². The molecule has 4 aromatic rings. The standard InChI is InChI=1S/C14H8N2O2S2/c19-13-15-9-3-1-7(5-11(9)17-13)8-2-4-10-12(6-8)18-14(20)16-10/h1-6H,(H,15,19)(H,16,20). The Bertz CT molecular complexity index is 966. The molecule has 0 radical (unpaired) electrons. The quantitative estimate of drug-likeness (QED) is 0.488. The van der Waals surface area contributed by atoms with Gasteiger partial charge in [0, 0.05) is 0 Å². The molecule has 0 saturated heterocycles. The van der Waals surface area contributed by atoms with Gasteiger partial charge in [0.15, 0.2) is 11.2 Å². The van der Waals surface area contributed by atoms with Crippen LogP contribution in [0.1, 0.15) is 0 Å². The zero-order valence-corrected chi connectivity index (χ0v) is 11.7. The summed E-state index contributed by atoms with van der Waals surface area (Å²) in [7, 11) is 0. The summed E-state index contributed by atoms with van der Waals surface area (Å²) in [5.74, 6) is 0. The first-order chi connectivity index (χ1) is 9.69. The van der Waals surface area contributed by atoms with Gasteiger partial charge in [-0.15, -0.1) is 0 Å². The molecule has 2 aromatic heterocycles. The van der Waals surface area contributed by atoms with Gasteiger partial charge in [-0.1, -0.05) is 12.1 Å². The number of rotatable bonds is 1. The maximum atomic E-state index is 5.43. The van der Waals surface area contributed by atoms with Gasteiger partial charge in [0.2, 0.25) is 0 Å². The van der Waals surface area contributed by atoms with Crippen LogP contribution >= 0.6 is 24.4 Å². The first-order valence-electron chi connectivity index (χ1n) is 5.95. The normalized spacial score (nSPS) is 11.4. The van der Waals surface area contributed by atoms with Crippen LogP contribution in [0.25, 0.3) is 33.3 Å². The Balaban J connectivity index is 1.94. The van der Waals surface area contributed by atoms with Gasteiger partial charge in [-0.25, -0.2) is 0 Å². The monoisotopic (exact) mass is 300 g/mol. The molecule has 0 atom stereocenters. The number of hydrogen-bond donors (Lipinski definition) is 2. The number of nitrogens with one attached hydrogen (secondary N) is 2. The van der Waals surface area contributed by atoms with E-state index in [1.807, 2.05) is 36.4 Å². The Hall–Kier alpha value is -2.18. The number of aromatic nitrogens is 2. The summed E-state index contributed by atoms with van der Waals surface area (Å²) in [5.41, 5.74) is 5.31. The average molecular weight is 300 g/mol. The predicted octanol–water partition coefficient (Wildman–Crippen LogP) is 4.96. The predicted molar refractivity (Wildman–Crippen MR) is 81.8 cm³/mol. The SMILES string of the molecule is S=c1[nH]c2ccc(-c3ccc4[nH]c(=S)oc4c3)cc2o1. The van der Waals surface area contributed by atoms with Crippen LogP contribution in [-0.4, -0.2) is 9.97 Å². The summed E-state index contributed by atoms with van der Waals surface area (Å²) in [6.07, 6.45) is 0. The minimum atomic E-state index is 0.379. The third-order valence-electron chi connectivity index (χ3n) is 3.18. The second-order valence-corrected chi connectivity index (χ2v) is 5.19. The van der Waals surface area contributed by atoms with Gasteiger partial charge in [0.05, 0.1) is 11.0 Å². The Morgan fingerprint density at radius 1 is 0.700 bits per heavy atom. The van der Waals surface area contributed by atoms with E-state index < -0.39 is 0 Å². The molecule has 6 heteroatoms. The summed E-state index contributed by atoms with van der Waals surface area (Å²) >= 11 is 9.97. The second-order valence-electron chi connectivity index (χ2n) is 4.45. The minimum absolute atomic E-state index is 0.379. The zero-order valence-electron chi connectivity index (χ0n) is 10.1. The van der Waals surface area contributed by atoms with Crippen molar-refractivity contribution in [1.82, 2.24) is 9.97 Å². The molecule has 20 heavy (non-hydrogen) atoms. The highest BCUT2D eigenvalue weighted by atomic mass is 32.1. The molecule has 0 aliphatic carbocycles. The van der Waals surface area contributed by atoms with Crippen LogP contribution < -0.4 is 0 Å². The summed E-state index contributed by atoms with van der Waals surface area (Å²) in [5, 5.41) is 0. The van der Waals surface area contributed by atoms with Crippen molar-refractivity contribution < 1.29 is 8.83 Å². The lowest BCUT2D eigenvalue weighted by atomic mass is 10.1. The van der Waals surface area contributed by atoms with E-state index in [2.05, 4.69) is 9.97 Å². The molecule has 0 aliphatic rings. The van der Waals surface area contributed by atoms with Gasteiger partial charge >= 0.3 is 0 Å². The number of hydrogen-bond acceptors (Lipinski definition) is 4. The van der Waals surface area contributed by atoms with E-state index in [1.54, 1.807) is 0 Å². The smallest absolute Gasteiger partial charge is 0.266 e. The van der Waals surface area contributed by atoms with E-state index >= 15 is 0 Å². The molecule has 0 fully saturated rings. The fourth-order valence-electron chi connectivity index (χ4n) is 2.25. The molecule has 2 N–H and O–H groups in total. The number of aromatic amines is 2. The van der Waals surface area contributed by atoms with Crippen LogP contribution in [-0.2, 0) is 0 Å². The number of oxazole rings is 2. The topological polar surface area (TPSA) is 57.9 Å². The van der Waals surface area contributed by atoms with Crippen molar-refractivity contribution in [3.8, 4) is 11.1 Å². The molecule has 4 nitrogen and oxygen atoms in total. The third kappa shape index (κ3) is 1.81. The summed E-state index contributed by atoms with van der Waals surface area (Å²) < 4.78 is 10.9. The van der Waals surface area contributed by atoms with E-state index in [0.717, 1.165) is 33.3 Å². The highest BCUT2D eigenvalue weighted by molar-refractivity contribution is 7.71. The van der Waals surface area contributed by atoms with Crippen molar-refractivity contribution in [2.45, 2.75) is 0 Å². The Kier molecular flexibility index (Phi) is 2.42. The van der Waals surface area contributed by atoms with Crippen molar-refractivity contribution in [3.63, 3.8) is 0 Å². The van der Waals surface area contributed by atoms with E-state index in [-0.39, 0.29) is 0 Å². The Morgan fingerprint density at radius 2 is 1.15 bits per heavy atom. The van der Waals surface area contributed by atoms with Gasteiger partial charge in [-0.3, -0.25) is 0 Å². The Labute approximate surface area is 123 Å². The first kappa shape index (κ1) is 11.6. The van der Waals surface area contributed by atoms with Crippen molar-refractivity contribution in [2.75, 3.05) is 0 Å². The molecule has 4 rings (SSSR count). The highest BCUT2D eigenvalue weighted by Crippen LogP contribution is 2.27. The summed E-state index contributed by atoms with van der Waals surface area (Å²) in [4.78, 5) is 6.72. The fourth-order valence-corrected chi connectivity index (χ4v) is 2.65. The fraction of sp³-hybridized carbons (Fsp3) is 0. The van der Waals surface area contributed by atoms with Crippen molar-refractivity contribution in [1.29, 1.82) is 0 Å². The van der Waals surface area contributed by atoms with E-state index in [9.17, 15) is 0 Å². The van der Waals surface area contributed by atoms with Crippen LogP contribution in [0.3, 0.4) is 0 Å². The Morgan fingerprint density at radius 3 is 1.60 bits per heavy atom. The highest BCUT2D eigenvalue weighted by Gasteiger charge is 2.06. The molecule has 0 bridgehead atoms. The lowest BCUT2D eigenvalue weighted by molar-refractivity contribution is 0.583. The lowest BCUT2D eigenvalue weighted by Crippen LogP contribution is -1.78. The molecule has 0 spiro atoms.